The molecule has 0 spiro atoms. The van der Waals surface area contributed by atoms with E-state index in [2.05, 4.69) is 12.6 Å². The summed E-state index contributed by atoms with van der Waals surface area (Å²) in [6.07, 6.45) is 0. The molecular formula is C4H4ClNOS. The summed E-state index contributed by atoms with van der Waals surface area (Å²) in [7, 11) is 0. The van der Waals surface area contributed by atoms with Crippen LogP contribution in [-0.2, 0) is 0 Å². The van der Waals surface area contributed by atoms with E-state index in [4.69, 9.17) is 21.8 Å². The van der Waals surface area contributed by atoms with Gasteiger partial charge < -0.3 is 10.2 Å². The Balaban J connectivity index is 3.14. The number of anilines is 1. The van der Waals surface area contributed by atoms with Crippen molar-refractivity contribution in [2.24, 2.45) is 0 Å². The first-order chi connectivity index (χ1) is 3.70. The van der Waals surface area contributed by atoms with Crippen molar-refractivity contribution < 1.29 is 4.42 Å². The first-order valence-corrected chi connectivity index (χ1v) is 2.76. The van der Waals surface area contributed by atoms with Crippen molar-refractivity contribution in [2.75, 3.05) is 5.73 Å². The van der Waals surface area contributed by atoms with E-state index in [0.717, 1.165) is 0 Å². The number of nitrogens with two attached hydrogens (primary N) is 1. The number of hydrogen-bond acceptors (Lipinski definition) is 3. The predicted molar refractivity (Wildman–Crippen MR) is 35.4 cm³/mol. The zero-order valence-electron chi connectivity index (χ0n) is 3.89. The van der Waals surface area contributed by atoms with Gasteiger partial charge in [-0.3, -0.25) is 0 Å². The number of nitrogen functional groups attached to an aromatic ring is 1. The minimum absolute atomic E-state index is 0.271. The Morgan fingerprint density at radius 1 is 1.75 bits per heavy atom. The molecule has 0 aromatic carbocycles. The fourth-order valence-corrected chi connectivity index (χ4v) is 0.776. The molecule has 0 bridgehead atoms. The standard InChI is InChI=1S/C4H4ClNOS/c5-3-1-2(6)4(8)7-3/h1,8H,6H2. The van der Waals surface area contributed by atoms with Gasteiger partial charge in [-0.2, -0.15) is 0 Å². The SMILES string of the molecule is Nc1cc(Cl)oc1S. The van der Waals surface area contributed by atoms with E-state index in [1.54, 1.807) is 0 Å². The monoisotopic (exact) mass is 149 g/mol. The smallest absolute Gasteiger partial charge is 0.196 e. The molecular weight excluding hydrogens is 146 g/mol. The number of halogens is 1. The third-order valence-electron chi connectivity index (χ3n) is 0.710. The van der Waals surface area contributed by atoms with Crippen molar-refractivity contribution in [3.63, 3.8) is 0 Å². The van der Waals surface area contributed by atoms with Crippen LogP contribution < -0.4 is 5.73 Å². The van der Waals surface area contributed by atoms with Crippen molar-refractivity contribution in [2.45, 2.75) is 5.09 Å². The van der Waals surface area contributed by atoms with Crippen molar-refractivity contribution in [1.82, 2.24) is 0 Å². The molecule has 0 fully saturated rings. The molecule has 1 aromatic heterocycles. The van der Waals surface area contributed by atoms with Crippen LogP contribution in [0.5, 0.6) is 0 Å². The summed E-state index contributed by atoms with van der Waals surface area (Å²) in [5.41, 5.74) is 5.76. The van der Waals surface area contributed by atoms with Gasteiger partial charge in [0, 0.05) is 6.07 Å². The van der Waals surface area contributed by atoms with Gasteiger partial charge in [0.1, 0.15) is 0 Å². The van der Waals surface area contributed by atoms with Crippen LogP contribution in [0.2, 0.25) is 5.22 Å². The maximum Gasteiger partial charge on any atom is 0.196 e. The highest BCUT2D eigenvalue weighted by molar-refractivity contribution is 7.80. The van der Waals surface area contributed by atoms with Crippen molar-refractivity contribution >= 4 is 29.9 Å². The lowest BCUT2D eigenvalue weighted by molar-refractivity contribution is 0.481. The molecule has 0 atom stereocenters. The lowest BCUT2D eigenvalue weighted by Crippen LogP contribution is -1.78. The van der Waals surface area contributed by atoms with E-state index in [1.807, 2.05) is 0 Å². The highest BCUT2D eigenvalue weighted by atomic mass is 35.5. The molecule has 2 nitrogen and oxygen atoms in total. The van der Waals surface area contributed by atoms with Crippen LogP contribution in [0.25, 0.3) is 0 Å². The van der Waals surface area contributed by atoms with Crippen molar-refractivity contribution in [3.8, 4) is 0 Å². The fourth-order valence-electron chi connectivity index (χ4n) is 0.365. The van der Waals surface area contributed by atoms with E-state index in [0.29, 0.717) is 10.8 Å². The zero-order chi connectivity index (χ0) is 6.15. The van der Waals surface area contributed by atoms with Gasteiger partial charge in [-0.25, -0.2) is 0 Å². The topological polar surface area (TPSA) is 39.2 Å². The summed E-state index contributed by atoms with van der Waals surface area (Å²) in [6.45, 7) is 0. The molecule has 1 aromatic rings. The van der Waals surface area contributed by atoms with Crippen molar-refractivity contribution in [1.29, 1.82) is 0 Å². The summed E-state index contributed by atoms with van der Waals surface area (Å²) >= 11 is 9.21. The van der Waals surface area contributed by atoms with Gasteiger partial charge in [0.25, 0.3) is 0 Å². The third kappa shape index (κ3) is 0.928. The number of rotatable bonds is 0. The average molecular weight is 150 g/mol. The fraction of sp³-hybridized carbons (Fsp3) is 0. The highest BCUT2D eigenvalue weighted by Gasteiger charge is 1.99. The molecule has 0 aliphatic rings. The Labute approximate surface area is 57.0 Å². The second-order valence-corrected chi connectivity index (χ2v) is 2.09. The van der Waals surface area contributed by atoms with Gasteiger partial charge in [-0.1, -0.05) is 0 Å². The van der Waals surface area contributed by atoms with Gasteiger partial charge >= 0.3 is 0 Å². The van der Waals surface area contributed by atoms with Gasteiger partial charge in [-0.15, -0.1) is 12.6 Å². The van der Waals surface area contributed by atoms with Crippen LogP contribution in [-0.4, -0.2) is 0 Å². The van der Waals surface area contributed by atoms with E-state index < -0.39 is 0 Å². The lowest BCUT2D eigenvalue weighted by Gasteiger charge is -1.79. The third-order valence-corrected chi connectivity index (χ3v) is 1.25. The summed E-state index contributed by atoms with van der Waals surface area (Å²) in [6, 6.07) is 1.50. The second-order valence-electron chi connectivity index (χ2n) is 1.31. The number of furan rings is 1. The minimum atomic E-state index is 0.271. The molecule has 0 aliphatic carbocycles. The van der Waals surface area contributed by atoms with Gasteiger partial charge in [0.05, 0.1) is 5.69 Å². The van der Waals surface area contributed by atoms with Crippen LogP contribution in [0.1, 0.15) is 0 Å². The molecule has 1 rings (SSSR count). The lowest BCUT2D eigenvalue weighted by atomic mass is 10.6. The molecule has 1 heterocycles. The maximum atomic E-state index is 5.37. The molecule has 0 saturated heterocycles. The Hall–Kier alpha value is -0.280. The molecule has 0 amide bonds. The number of hydrogen-bond donors (Lipinski definition) is 2. The van der Waals surface area contributed by atoms with Crippen LogP contribution in [0.4, 0.5) is 5.69 Å². The van der Waals surface area contributed by atoms with Gasteiger partial charge in [0.2, 0.25) is 0 Å². The quantitative estimate of drug-likeness (QED) is 0.553. The van der Waals surface area contributed by atoms with E-state index in [-0.39, 0.29) is 5.22 Å². The van der Waals surface area contributed by atoms with Gasteiger partial charge in [0.15, 0.2) is 10.3 Å². The Morgan fingerprint density at radius 3 is 2.50 bits per heavy atom. The first-order valence-electron chi connectivity index (χ1n) is 1.94. The normalized spacial score (nSPS) is 9.75. The predicted octanol–water partition coefficient (Wildman–Crippen LogP) is 1.80. The Morgan fingerprint density at radius 2 is 2.38 bits per heavy atom. The summed E-state index contributed by atoms with van der Waals surface area (Å²) in [5.74, 6) is 0. The van der Waals surface area contributed by atoms with Crippen LogP contribution >= 0.6 is 24.2 Å². The summed E-state index contributed by atoms with van der Waals surface area (Å²) in [4.78, 5) is 0. The molecule has 44 valence electrons. The zero-order valence-corrected chi connectivity index (χ0v) is 5.54. The van der Waals surface area contributed by atoms with Gasteiger partial charge in [-0.05, 0) is 11.6 Å². The highest BCUT2D eigenvalue weighted by Crippen LogP contribution is 2.23. The van der Waals surface area contributed by atoms with Crippen LogP contribution in [0, 0.1) is 0 Å². The number of thiol groups is 1. The molecule has 8 heavy (non-hydrogen) atoms. The van der Waals surface area contributed by atoms with Crippen LogP contribution in [0.15, 0.2) is 15.6 Å². The summed E-state index contributed by atoms with van der Waals surface area (Å²) < 4.78 is 4.72. The van der Waals surface area contributed by atoms with E-state index >= 15 is 0 Å². The molecule has 0 unspecified atom stereocenters. The van der Waals surface area contributed by atoms with Crippen LogP contribution in [0.3, 0.4) is 0 Å². The first kappa shape index (κ1) is 5.85. The molecule has 0 aliphatic heterocycles. The van der Waals surface area contributed by atoms with E-state index in [1.165, 1.54) is 6.07 Å². The molecule has 0 saturated carbocycles. The minimum Gasteiger partial charge on any atom is -0.436 e. The maximum absolute atomic E-state index is 5.37. The Bertz CT molecular complexity index is 178. The largest absolute Gasteiger partial charge is 0.436 e. The average Bonchev–Trinajstić information content (AvgIpc) is 1.85. The Kier molecular flexibility index (Phi) is 1.40. The molecule has 4 heteroatoms. The molecule has 2 N–H and O–H groups in total. The molecule has 0 radical (unpaired) electrons. The van der Waals surface area contributed by atoms with E-state index in [9.17, 15) is 0 Å². The second kappa shape index (κ2) is 1.91. The summed E-state index contributed by atoms with van der Waals surface area (Å²) in [5, 5.41) is 0.641. The van der Waals surface area contributed by atoms with Crippen molar-refractivity contribution in [3.05, 3.63) is 11.3 Å².